The normalized spacial score (nSPS) is 11.1. The Hall–Kier alpha value is -4.56. The highest BCUT2D eigenvalue weighted by atomic mass is 32.2. The van der Waals surface area contributed by atoms with Gasteiger partial charge in [0.05, 0.1) is 10.5 Å². The number of carboxylic acids is 1. The molecule has 0 heterocycles. The number of benzene rings is 4. The SMILES string of the molecule is Cc1ccc(C(=O)CS(=O)(=O)c2ccc(NC(=O)c3ccccc3-c3ccccc3C(=O)O)cc2)cc1. The van der Waals surface area contributed by atoms with Crippen molar-refractivity contribution in [3.05, 3.63) is 119 Å². The van der Waals surface area contributed by atoms with Crippen molar-refractivity contribution in [2.24, 2.45) is 0 Å². The average Bonchev–Trinajstić information content (AvgIpc) is 2.89. The number of anilines is 1. The van der Waals surface area contributed by atoms with E-state index in [1.54, 1.807) is 66.7 Å². The Labute approximate surface area is 214 Å². The van der Waals surface area contributed by atoms with Gasteiger partial charge in [0.2, 0.25) is 0 Å². The number of hydrogen-bond acceptors (Lipinski definition) is 5. The minimum Gasteiger partial charge on any atom is -0.478 e. The molecular formula is C29H23NO6S. The number of carbonyl (C=O) groups excluding carboxylic acids is 2. The van der Waals surface area contributed by atoms with E-state index in [9.17, 15) is 27.9 Å². The van der Waals surface area contributed by atoms with E-state index in [2.05, 4.69) is 5.32 Å². The summed E-state index contributed by atoms with van der Waals surface area (Å²) in [6, 6.07) is 25.3. The summed E-state index contributed by atoms with van der Waals surface area (Å²) in [4.78, 5) is 37.2. The van der Waals surface area contributed by atoms with E-state index in [1.165, 1.54) is 30.3 Å². The summed E-state index contributed by atoms with van der Waals surface area (Å²) >= 11 is 0. The predicted molar refractivity (Wildman–Crippen MR) is 141 cm³/mol. The van der Waals surface area contributed by atoms with Crippen LogP contribution in [-0.4, -0.2) is 36.9 Å². The van der Waals surface area contributed by atoms with Crippen molar-refractivity contribution in [1.29, 1.82) is 0 Å². The molecular weight excluding hydrogens is 490 g/mol. The molecule has 7 nitrogen and oxygen atoms in total. The first kappa shape index (κ1) is 25.5. The van der Waals surface area contributed by atoms with Crippen LogP contribution in [0.4, 0.5) is 5.69 Å². The van der Waals surface area contributed by atoms with Gasteiger partial charge >= 0.3 is 5.97 Å². The Bertz CT molecular complexity index is 1590. The van der Waals surface area contributed by atoms with Crippen LogP contribution in [-0.2, 0) is 9.84 Å². The lowest BCUT2D eigenvalue weighted by atomic mass is 9.95. The second kappa shape index (κ2) is 10.6. The summed E-state index contributed by atoms with van der Waals surface area (Å²) in [6.45, 7) is 1.87. The van der Waals surface area contributed by atoms with E-state index >= 15 is 0 Å². The molecule has 1 amide bonds. The number of carbonyl (C=O) groups is 3. The van der Waals surface area contributed by atoms with Crippen molar-refractivity contribution < 1.29 is 27.9 Å². The molecule has 37 heavy (non-hydrogen) atoms. The number of nitrogens with one attached hydrogen (secondary N) is 1. The van der Waals surface area contributed by atoms with Gasteiger partial charge < -0.3 is 10.4 Å². The van der Waals surface area contributed by atoms with Crippen molar-refractivity contribution in [1.82, 2.24) is 0 Å². The fourth-order valence-electron chi connectivity index (χ4n) is 3.84. The molecule has 0 saturated heterocycles. The summed E-state index contributed by atoms with van der Waals surface area (Å²) in [6.07, 6.45) is 0. The van der Waals surface area contributed by atoms with Gasteiger partial charge in [-0.3, -0.25) is 9.59 Å². The van der Waals surface area contributed by atoms with E-state index in [0.717, 1.165) is 5.56 Å². The lowest BCUT2D eigenvalue weighted by Crippen LogP contribution is -2.17. The van der Waals surface area contributed by atoms with Crippen molar-refractivity contribution in [2.45, 2.75) is 11.8 Å². The number of ketones is 1. The zero-order chi connectivity index (χ0) is 26.6. The highest BCUT2D eigenvalue weighted by molar-refractivity contribution is 7.92. The number of hydrogen-bond donors (Lipinski definition) is 2. The third-order valence-corrected chi connectivity index (χ3v) is 7.42. The average molecular weight is 514 g/mol. The van der Waals surface area contributed by atoms with Gasteiger partial charge in [-0.25, -0.2) is 13.2 Å². The molecule has 0 bridgehead atoms. The van der Waals surface area contributed by atoms with Crippen molar-refractivity contribution in [2.75, 3.05) is 11.1 Å². The molecule has 4 aromatic carbocycles. The van der Waals surface area contributed by atoms with Crippen LogP contribution in [0.25, 0.3) is 11.1 Å². The maximum Gasteiger partial charge on any atom is 0.336 e. The number of amides is 1. The smallest absolute Gasteiger partial charge is 0.336 e. The number of carboxylic acid groups (broad SMARTS) is 1. The minimum atomic E-state index is -3.89. The molecule has 0 spiro atoms. The standard InChI is InChI=1S/C29H23NO6S/c1-19-10-12-20(13-11-19)27(31)18-37(35,36)22-16-14-21(15-17-22)30-28(32)25-8-4-2-6-23(25)24-7-3-5-9-26(24)29(33)34/h2-17H,18H2,1H3,(H,30,32)(H,33,34). The van der Waals surface area contributed by atoms with Gasteiger partial charge in [-0.05, 0) is 54.4 Å². The zero-order valence-electron chi connectivity index (χ0n) is 19.8. The number of aromatic carboxylic acids is 1. The molecule has 4 aromatic rings. The van der Waals surface area contributed by atoms with E-state index in [0.29, 0.717) is 22.4 Å². The van der Waals surface area contributed by atoms with Crippen LogP contribution in [0.5, 0.6) is 0 Å². The molecule has 0 saturated carbocycles. The van der Waals surface area contributed by atoms with Crippen LogP contribution >= 0.6 is 0 Å². The zero-order valence-corrected chi connectivity index (χ0v) is 20.7. The fourth-order valence-corrected chi connectivity index (χ4v) is 5.07. The topological polar surface area (TPSA) is 118 Å². The van der Waals surface area contributed by atoms with Crippen molar-refractivity contribution in [3.63, 3.8) is 0 Å². The first-order chi connectivity index (χ1) is 17.7. The molecule has 4 rings (SSSR count). The molecule has 186 valence electrons. The van der Waals surface area contributed by atoms with Crippen molar-refractivity contribution >= 4 is 33.2 Å². The van der Waals surface area contributed by atoms with Crippen LogP contribution in [0.3, 0.4) is 0 Å². The molecule has 0 aliphatic heterocycles. The third-order valence-electron chi connectivity index (χ3n) is 5.79. The Morgan fingerprint density at radius 2 is 1.27 bits per heavy atom. The van der Waals surface area contributed by atoms with Crippen LogP contribution in [0.2, 0.25) is 0 Å². The summed E-state index contributed by atoms with van der Waals surface area (Å²) in [7, 11) is -3.89. The Morgan fingerprint density at radius 1 is 0.730 bits per heavy atom. The maximum absolute atomic E-state index is 13.1. The Balaban J connectivity index is 1.53. The summed E-state index contributed by atoms with van der Waals surface area (Å²) in [5, 5.41) is 12.3. The number of Topliss-reactive ketones (excluding diaryl/α,β-unsaturated/α-hetero) is 1. The maximum atomic E-state index is 13.1. The van der Waals surface area contributed by atoms with Crippen LogP contribution in [0, 0.1) is 6.92 Å². The summed E-state index contributed by atoms with van der Waals surface area (Å²) in [5.74, 6) is -2.77. The molecule has 8 heteroatoms. The summed E-state index contributed by atoms with van der Waals surface area (Å²) < 4.78 is 25.5. The summed E-state index contributed by atoms with van der Waals surface area (Å²) in [5.41, 5.74) is 2.81. The number of rotatable bonds is 8. The van der Waals surface area contributed by atoms with Gasteiger partial charge in [-0.2, -0.15) is 0 Å². The van der Waals surface area contributed by atoms with E-state index in [1.807, 2.05) is 6.92 Å². The van der Waals surface area contributed by atoms with E-state index in [4.69, 9.17) is 0 Å². The molecule has 0 aromatic heterocycles. The molecule has 0 unspecified atom stereocenters. The molecule has 0 aliphatic carbocycles. The Kier molecular flexibility index (Phi) is 7.31. The molecule has 0 radical (unpaired) electrons. The third kappa shape index (κ3) is 5.82. The monoisotopic (exact) mass is 513 g/mol. The van der Waals surface area contributed by atoms with Gasteiger partial charge in [0.1, 0.15) is 5.75 Å². The second-order valence-electron chi connectivity index (χ2n) is 8.42. The number of sulfone groups is 1. The Morgan fingerprint density at radius 3 is 1.86 bits per heavy atom. The molecule has 0 aliphatic rings. The van der Waals surface area contributed by atoms with Gasteiger partial charge in [-0.1, -0.05) is 66.2 Å². The highest BCUT2D eigenvalue weighted by Crippen LogP contribution is 2.28. The van der Waals surface area contributed by atoms with Gasteiger partial charge in [-0.15, -0.1) is 0 Å². The van der Waals surface area contributed by atoms with Crippen molar-refractivity contribution in [3.8, 4) is 11.1 Å². The second-order valence-corrected chi connectivity index (χ2v) is 10.4. The predicted octanol–water partition coefficient (Wildman–Crippen LogP) is 5.27. The molecule has 2 N–H and O–H groups in total. The first-order valence-corrected chi connectivity index (χ1v) is 13.0. The fraction of sp³-hybridized carbons (Fsp3) is 0.0690. The van der Waals surface area contributed by atoms with E-state index < -0.39 is 33.2 Å². The lowest BCUT2D eigenvalue weighted by molar-refractivity contribution is 0.0697. The molecule has 0 atom stereocenters. The van der Waals surface area contributed by atoms with E-state index in [-0.39, 0.29) is 16.0 Å². The van der Waals surface area contributed by atoms with Crippen LogP contribution in [0.1, 0.15) is 36.6 Å². The van der Waals surface area contributed by atoms with Gasteiger partial charge in [0, 0.05) is 16.8 Å². The van der Waals surface area contributed by atoms with Crippen LogP contribution in [0.15, 0.2) is 102 Å². The lowest BCUT2D eigenvalue weighted by Gasteiger charge is -2.13. The van der Waals surface area contributed by atoms with Gasteiger partial charge in [0.25, 0.3) is 5.91 Å². The highest BCUT2D eigenvalue weighted by Gasteiger charge is 2.21. The number of aryl methyl sites for hydroxylation is 1. The largest absolute Gasteiger partial charge is 0.478 e. The minimum absolute atomic E-state index is 0.0400. The molecule has 0 fully saturated rings. The van der Waals surface area contributed by atoms with Crippen LogP contribution < -0.4 is 5.32 Å². The van der Waals surface area contributed by atoms with Gasteiger partial charge in [0.15, 0.2) is 15.6 Å². The first-order valence-electron chi connectivity index (χ1n) is 11.3. The quantitative estimate of drug-likeness (QED) is 0.310.